The summed E-state index contributed by atoms with van der Waals surface area (Å²) in [5.74, 6) is 5.86. The number of rotatable bonds is 5. The third-order valence-corrected chi connectivity index (χ3v) is 3.37. The van der Waals surface area contributed by atoms with Gasteiger partial charge in [0, 0.05) is 18.5 Å². The van der Waals surface area contributed by atoms with E-state index in [-0.39, 0.29) is 23.5 Å². The zero-order chi connectivity index (χ0) is 13.8. The van der Waals surface area contributed by atoms with Gasteiger partial charge in [-0.15, -0.1) is 0 Å². The van der Waals surface area contributed by atoms with Crippen LogP contribution < -0.4 is 16.6 Å². The second kappa shape index (κ2) is 5.81. The lowest BCUT2D eigenvalue weighted by Crippen LogP contribution is -2.23. The largest absolute Gasteiger partial charge is 0.393 e. The number of anilines is 2. The highest BCUT2D eigenvalue weighted by Gasteiger charge is 2.26. The van der Waals surface area contributed by atoms with Gasteiger partial charge in [-0.05, 0) is 18.9 Å². The highest BCUT2D eigenvalue weighted by Crippen LogP contribution is 2.28. The van der Waals surface area contributed by atoms with Crippen molar-refractivity contribution in [2.45, 2.75) is 25.4 Å². The van der Waals surface area contributed by atoms with Crippen LogP contribution in [0.1, 0.15) is 19.3 Å². The van der Waals surface area contributed by atoms with E-state index in [9.17, 15) is 15.2 Å². The number of pyridine rings is 1. The fourth-order valence-corrected chi connectivity index (χ4v) is 2.29. The van der Waals surface area contributed by atoms with E-state index in [4.69, 9.17) is 5.84 Å². The number of aliphatic hydroxyl groups excluding tert-OH is 1. The van der Waals surface area contributed by atoms with Crippen molar-refractivity contribution in [2.75, 3.05) is 17.3 Å². The molecule has 0 aliphatic heterocycles. The van der Waals surface area contributed by atoms with Gasteiger partial charge in [0.1, 0.15) is 5.82 Å². The predicted octanol–water partition coefficient (Wildman–Crippen LogP) is 0.848. The fraction of sp³-hybridized carbons (Fsp3) is 0.545. The van der Waals surface area contributed by atoms with Crippen LogP contribution in [0.4, 0.5) is 17.3 Å². The number of nitrogens with two attached hydrogens (primary N) is 1. The first-order valence-electron chi connectivity index (χ1n) is 6.16. The molecule has 0 amide bonds. The summed E-state index contributed by atoms with van der Waals surface area (Å²) in [7, 11) is 0. The molecule has 1 aliphatic rings. The van der Waals surface area contributed by atoms with Crippen molar-refractivity contribution in [1.29, 1.82) is 0 Å². The Balaban J connectivity index is 2.10. The Morgan fingerprint density at radius 2 is 2.32 bits per heavy atom. The van der Waals surface area contributed by atoms with Crippen molar-refractivity contribution in [2.24, 2.45) is 11.8 Å². The molecule has 5 N–H and O–H groups in total. The average Bonchev–Trinajstić information content (AvgIpc) is 2.81. The number of nitrogen functional groups attached to an aromatic ring is 1. The van der Waals surface area contributed by atoms with Gasteiger partial charge in [0.2, 0.25) is 5.82 Å². The van der Waals surface area contributed by atoms with Gasteiger partial charge < -0.3 is 15.8 Å². The number of hydrazine groups is 1. The molecule has 1 heterocycles. The maximum Gasteiger partial charge on any atom is 0.311 e. The molecule has 2 rings (SSSR count). The first-order chi connectivity index (χ1) is 9.11. The molecule has 1 fully saturated rings. The molecular formula is C11H17N5O3. The van der Waals surface area contributed by atoms with Gasteiger partial charge in [0.05, 0.1) is 11.0 Å². The molecule has 1 saturated carbocycles. The van der Waals surface area contributed by atoms with E-state index >= 15 is 0 Å². The summed E-state index contributed by atoms with van der Waals surface area (Å²) in [4.78, 5) is 14.4. The Morgan fingerprint density at radius 1 is 1.53 bits per heavy atom. The monoisotopic (exact) mass is 267 g/mol. The minimum Gasteiger partial charge on any atom is -0.393 e. The van der Waals surface area contributed by atoms with Gasteiger partial charge in [-0.25, -0.2) is 10.8 Å². The zero-order valence-electron chi connectivity index (χ0n) is 10.4. The third kappa shape index (κ3) is 3.09. The highest BCUT2D eigenvalue weighted by molar-refractivity contribution is 5.60. The van der Waals surface area contributed by atoms with Crippen molar-refractivity contribution in [3.63, 3.8) is 0 Å². The van der Waals surface area contributed by atoms with E-state index in [2.05, 4.69) is 15.7 Å². The fourth-order valence-electron chi connectivity index (χ4n) is 2.29. The molecule has 0 radical (unpaired) electrons. The second-order valence-electron chi connectivity index (χ2n) is 4.60. The molecule has 2 unspecified atom stereocenters. The molecule has 1 aromatic heterocycles. The van der Waals surface area contributed by atoms with Crippen molar-refractivity contribution < 1.29 is 10.0 Å². The van der Waals surface area contributed by atoms with Crippen molar-refractivity contribution in [1.82, 2.24) is 4.98 Å². The molecule has 0 aromatic carbocycles. The number of nitro groups is 1. The Bertz CT molecular complexity index is 468. The molecule has 1 aromatic rings. The summed E-state index contributed by atoms with van der Waals surface area (Å²) in [6, 6.07) is 2.78. The summed E-state index contributed by atoms with van der Waals surface area (Å²) in [5.41, 5.74) is 2.24. The van der Waals surface area contributed by atoms with Crippen LogP contribution in [0.2, 0.25) is 0 Å². The molecule has 8 nitrogen and oxygen atoms in total. The number of nitrogens with zero attached hydrogens (tertiary/aromatic N) is 2. The summed E-state index contributed by atoms with van der Waals surface area (Å²) >= 11 is 0. The molecule has 0 bridgehead atoms. The summed E-state index contributed by atoms with van der Waals surface area (Å²) in [6.45, 7) is 0.461. The zero-order valence-corrected chi connectivity index (χ0v) is 10.4. The van der Waals surface area contributed by atoms with Gasteiger partial charge >= 0.3 is 5.69 Å². The number of aliphatic hydroxyl groups is 1. The van der Waals surface area contributed by atoms with E-state index in [0.717, 1.165) is 19.3 Å². The number of nitrogens with one attached hydrogen (secondary N) is 2. The predicted molar refractivity (Wildman–Crippen MR) is 70.5 cm³/mol. The Hall–Kier alpha value is -1.93. The maximum atomic E-state index is 10.9. The van der Waals surface area contributed by atoms with Crippen molar-refractivity contribution in [3.8, 4) is 0 Å². The number of hydrogen-bond acceptors (Lipinski definition) is 7. The van der Waals surface area contributed by atoms with E-state index < -0.39 is 4.92 Å². The lowest BCUT2D eigenvalue weighted by molar-refractivity contribution is -0.384. The highest BCUT2D eigenvalue weighted by atomic mass is 16.6. The molecule has 19 heavy (non-hydrogen) atoms. The second-order valence-corrected chi connectivity index (χ2v) is 4.60. The Morgan fingerprint density at radius 3 is 2.89 bits per heavy atom. The normalized spacial score (nSPS) is 22.2. The smallest absolute Gasteiger partial charge is 0.311 e. The Labute approximate surface area is 110 Å². The van der Waals surface area contributed by atoms with Gasteiger partial charge in [0.25, 0.3) is 0 Å². The van der Waals surface area contributed by atoms with Crippen LogP contribution in [-0.2, 0) is 0 Å². The van der Waals surface area contributed by atoms with Crippen LogP contribution in [0, 0.1) is 16.0 Å². The van der Waals surface area contributed by atoms with E-state index in [1.165, 1.54) is 12.1 Å². The minimum absolute atomic E-state index is 0.105. The van der Waals surface area contributed by atoms with E-state index in [1.807, 2.05) is 0 Å². The summed E-state index contributed by atoms with van der Waals surface area (Å²) in [5, 5.41) is 23.6. The third-order valence-electron chi connectivity index (χ3n) is 3.37. The summed E-state index contributed by atoms with van der Waals surface area (Å²) < 4.78 is 0. The molecule has 8 heteroatoms. The van der Waals surface area contributed by atoms with Crippen LogP contribution in [-0.4, -0.2) is 27.7 Å². The van der Waals surface area contributed by atoms with Crippen LogP contribution in [0.5, 0.6) is 0 Å². The van der Waals surface area contributed by atoms with Gasteiger partial charge in [0.15, 0.2) is 0 Å². The van der Waals surface area contributed by atoms with Gasteiger partial charge in [-0.1, -0.05) is 6.42 Å². The minimum atomic E-state index is -0.499. The first kappa shape index (κ1) is 13.5. The lowest BCUT2D eigenvalue weighted by Gasteiger charge is -2.15. The number of hydrogen-bond donors (Lipinski definition) is 4. The van der Waals surface area contributed by atoms with E-state index in [0.29, 0.717) is 12.4 Å². The summed E-state index contributed by atoms with van der Waals surface area (Å²) in [6.07, 6.45) is 2.33. The molecule has 1 aliphatic carbocycles. The first-order valence-corrected chi connectivity index (χ1v) is 6.16. The molecule has 0 saturated heterocycles. The SMILES string of the molecule is NNc1ccc([N+](=O)[O-])c(NCC2CCCC2O)n1. The number of aromatic nitrogens is 1. The van der Waals surface area contributed by atoms with Crippen molar-refractivity contribution >= 4 is 17.3 Å². The van der Waals surface area contributed by atoms with Crippen molar-refractivity contribution in [3.05, 3.63) is 22.2 Å². The Kier molecular flexibility index (Phi) is 4.13. The lowest BCUT2D eigenvalue weighted by atomic mass is 10.1. The van der Waals surface area contributed by atoms with Crippen LogP contribution in [0.3, 0.4) is 0 Å². The quantitative estimate of drug-likeness (QED) is 0.354. The van der Waals surface area contributed by atoms with E-state index in [1.54, 1.807) is 0 Å². The van der Waals surface area contributed by atoms with Crippen LogP contribution in [0.15, 0.2) is 12.1 Å². The van der Waals surface area contributed by atoms with Crippen LogP contribution >= 0.6 is 0 Å². The maximum absolute atomic E-state index is 10.9. The van der Waals surface area contributed by atoms with Gasteiger partial charge in [-0.3, -0.25) is 10.1 Å². The average molecular weight is 267 g/mol. The standard InChI is InChI=1S/C11H17N5O3/c12-15-10-5-4-8(16(18)19)11(14-10)13-6-7-2-1-3-9(7)17/h4-5,7,9,17H,1-3,6,12H2,(H2,13,14,15). The van der Waals surface area contributed by atoms with Gasteiger partial charge in [-0.2, -0.15) is 0 Å². The topological polar surface area (TPSA) is 126 Å². The molecule has 2 atom stereocenters. The molecule has 0 spiro atoms. The van der Waals surface area contributed by atoms with Crippen LogP contribution in [0.25, 0.3) is 0 Å². The molecular weight excluding hydrogens is 250 g/mol. The molecule has 104 valence electrons.